The Bertz CT molecular complexity index is 984. The van der Waals surface area contributed by atoms with Crippen molar-refractivity contribution in [1.29, 1.82) is 0 Å². The van der Waals surface area contributed by atoms with Crippen molar-refractivity contribution in [1.82, 2.24) is 4.57 Å². The summed E-state index contributed by atoms with van der Waals surface area (Å²) in [5, 5.41) is 3.27. The number of thiophene rings is 1. The van der Waals surface area contributed by atoms with Crippen LogP contribution in [0.3, 0.4) is 0 Å². The van der Waals surface area contributed by atoms with E-state index in [0.717, 1.165) is 47.5 Å². The minimum atomic E-state index is -0.554. The molecule has 154 valence electrons. The Morgan fingerprint density at radius 1 is 1.28 bits per heavy atom. The lowest BCUT2D eigenvalue weighted by atomic mass is 9.95. The molecule has 0 spiro atoms. The molecule has 0 radical (unpaired) electrons. The molecule has 1 aliphatic rings. The molecule has 1 aliphatic carbocycles. The van der Waals surface area contributed by atoms with E-state index in [4.69, 9.17) is 4.74 Å². The summed E-state index contributed by atoms with van der Waals surface area (Å²) in [6.07, 6.45) is 5.52. The Kier molecular flexibility index (Phi) is 6.37. The third-order valence-electron chi connectivity index (χ3n) is 5.19. The second-order valence-corrected chi connectivity index (χ2v) is 8.38. The molecule has 6 nitrogen and oxygen atoms in total. The number of aryl methyl sites for hydroxylation is 2. The van der Waals surface area contributed by atoms with Crippen LogP contribution < -0.4 is 5.32 Å². The molecular weight excluding hydrogens is 388 g/mol. The van der Waals surface area contributed by atoms with Crippen LogP contribution in [0.5, 0.6) is 0 Å². The monoisotopic (exact) mass is 414 g/mol. The molecule has 0 atom stereocenters. The number of esters is 1. The Labute approximate surface area is 174 Å². The second kappa shape index (κ2) is 8.78. The highest BCUT2D eigenvalue weighted by Gasteiger charge is 2.27. The van der Waals surface area contributed by atoms with Gasteiger partial charge in [0, 0.05) is 35.3 Å². The van der Waals surface area contributed by atoms with Gasteiger partial charge in [-0.3, -0.25) is 9.59 Å². The number of carbonyl (C=O) groups excluding carboxylic acids is 3. The van der Waals surface area contributed by atoms with Gasteiger partial charge in [-0.1, -0.05) is 6.08 Å². The lowest BCUT2D eigenvalue weighted by molar-refractivity contribution is -0.114. The zero-order chi connectivity index (χ0) is 21.1. The van der Waals surface area contributed by atoms with E-state index in [1.54, 1.807) is 6.08 Å². The van der Waals surface area contributed by atoms with Crippen molar-refractivity contribution in [3.63, 3.8) is 0 Å². The van der Waals surface area contributed by atoms with Crippen LogP contribution in [-0.2, 0) is 28.9 Å². The second-order valence-electron chi connectivity index (χ2n) is 7.28. The number of hydrogen-bond acceptors (Lipinski definition) is 5. The summed E-state index contributed by atoms with van der Waals surface area (Å²) in [5.74, 6) is -1.03. The van der Waals surface area contributed by atoms with E-state index in [2.05, 4.69) is 11.9 Å². The van der Waals surface area contributed by atoms with Gasteiger partial charge in [0.25, 0.3) is 0 Å². The molecule has 0 aromatic carbocycles. The average Bonchev–Trinajstić information content (AvgIpc) is 3.17. The molecule has 0 aliphatic heterocycles. The Morgan fingerprint density at radius 2 is 2.00 bits per heavy atom. The maximum Gasteiger partial charge on any atom is 0.341 e. The zero-order valence-electron chi connectivity index (χ0n) is 17.1. The van der Waals surface area contributed by atoms with Crippen molar-refractivity contribution in [3.8, 4) is 0 Å². The Balaban J connectivity index is 1.78. The van der Waals surface area contributed by atoms with Gasteiger partial charge in [-0.2, -0.15) is 0 Å². The van der Waals surface area contributed by atoms with Crippen molar-refractivity contribution < 1.29 is 19.1 Å². The first kappa shape index (κ1) is 21.0. The summed E-state index contributed by atoms with van der Waals surface area (Å²) in [7, 11) is 0. The number of ketones is 1. The molecule has 0 unspecified atom stereocenters. The number of rotatable bonds is 7. The van der Waals surface area contributed by atoms with Gasteiger partial charge in [-0.05, 0) is 51.2 Å². The zero-order valence-corrected chi connectivity index (χ0v) is 17.9. The van der Waals surface area contributed by atoms with Crippen LogP contribution in [0.25, 0.3) is 0 Å². The van der Waals surface area contributed by atoms with Crippen molar-refractivity contribution in [3.05, 3.63) is 51.7 Å². The summed E-state index contributed by atoms with van der Waals surface area (Å²) in [6, 6.07) is 1.81. The summed E-state index contributed by atoms with van der Waals surface area (Å²) in [4.78, 5) is 38.2. The van der Waals surface area contributed by atoms with Gasteiger partial charge >= 0.3 is 5.97 Å². The van der Waals surface area contributed by atoms with E-state index < -0.39 is 5.97 Å². The quantitative estimate of drug-likeness (QED) is 0.418. The van der Waals surface area contributed by atoms with Crippen molar-refractivity contribution in [2.75, 3.05) is 11.9 Å². The summed E-state index contributed by atoms with van der Waals surface area (Å²) >= 11 is 1.43. The summed E-state index contributed by atoms with van der Waals surface area (Å²) in [6.45, 7) is 9.24. The van der Waals surface area contributed by atoms with Crippen molar-refractivity contribution in [2.45, 2.75) is 53.0 Å². The first-order valence-electron chi connectivity index (χ1n) is 9.73. The largest absolute Gasteiger partial charge is 0.454 e. The predicted molar refractivity (Wildman–Crippen MR) is 114 cm³/mol. The molecule has 0 fully saturated rings. The smallest absolute Gasteiger partial charge is 0.341 e. The van der Waals surface area contributed by atoms with Crippen LogP contribution in [0.4, 0.5) is 5.00 Å². The number of aromatic nitrogens is 1. The third kappa shape index (κ3) is 4.34. The molecule has 7 heteroatoms. The normalized spacial score (nSPS) is 12.9. The van der Waals surface area contributed by atoms with E-state index in [1.807, 2.05) is 24.5 Å². The molecule has 0 saturated heterocycles. The number of Topliss-reactive ketones (excluding diaryl/α,β-unsaturated/α-hetero) is 1. The molecule has 0 saturated carbocycles. The first-order valence-corrected chi connectivity index (χ1v) is 10.5. The number of allylic oxidation sites excluding steroid dienone is 1. The highest BCUT2D eigenvalue weighted by Crippen LogP contribution is 2.38. The maximum atomic E-state index is 12.8. The minimum absolute atomic E-state index is 0.233. The molecule has 3 rings (SSSR count). The van der Waals surface area contributed by atoms with Gasteiger partial charge in [0.1, 0.15) is 5.00 Å². The van der Waals surface area contributed by atoms with Crippen LogP contribution in [0.15, 0.2) is 18.7 Å². The summed E-state index contributed by atoms with van der Waals surface area (Å²) in [5.41, 5.74) is 3.69. The number of nitrogens with one attached hydrogen (secondary N) is 1. The van der Waals surface area contributed by atoms with Crippen LogP contribution in [0.2, 0.25) is 0 Å². The topological polar surface area (TPSA) is 77.4 Å². The number of fused-ring (bicyclic) bond motifs is 1. The van der Waals surface area contributed by atoms with Gasteiger partial charge in [0.2, 0.25) is 11.7 Å². The lowest BCUT2D eigenvalue weighted by Gasteiger charge is -2.12. The Hall–Kier alpha value is -2.67. The number of amides is 1. The van der Waals surface area contributed by atoms with Gasteiger partial charge in [-0.25, -0.2) is 4.79 Å². The number of nitrogens with zero attached hydrogens (tertiary/aromatic N) is 1. The summed E-state index contributed by atoms with van der Waals surface area (Å²) < 4.78 is 7.38. The van der Waals surface area contributed by atoms with E-state index in [9.17, 15) is 14.4 Å². The van der Waals surface area contributed by atoms with E-state index in [0.29, 0.717) is 22.7 Å². The standard InChI is InChI=1S/C22H26N2O4S/c1-5-10-24-13(2)11-17(14(24)3)18(26)12-28-22(27)20-16-8-6-7-9-19(16)29-21(20)23-15(4)25/h5,11H,1,6-10,12H2,2-4H3,(H,23,25). The highest BCUT2D eigenvalue weighted by atomic mass is 32.1. The van der Waals surface area contributed by atoms with Gasteiger partial charge < -0.3 is 14.6 Å². The van der Waals surface area contributed by atoms with E-state index in [-0.39, 0.29) is 18.3 Å². The SMILES string of the molecule is C=CCn1c(C)cc(C(=O)COC(=O)c2c(NC(C)=O)sc3c2CCCC3)c1C. The first-order chi connectivity index (χ1) is 13.8. The molecular formula is C22H26N2O4S. The molecule has 2 aromatic heterocycles. The lowest BCUT2D eigenvalue weighted by Crippen LogP contribution is -2.18. The maximum absolute atomic E-state index is 12.8. The average molecular weight is 415 g/mol. The number of hydrogen-bond donors (Lipinski definition) is 1. The van der Waals surface area contributed by atoms with Crippen molar-refractivity contribution >= 4 is 34.0 Å². The molecule has 1 N–H and O–H groups in total. The number of anilines is 1. The molecule has 2 heterocycles. The third-order valence-corrected chi connectivity index (χ3v) is 6.39. The predicted octanol–water partition coefficient (Wildman–Crippen LogP) is 4.23. The molecule has 0 bridgehead atoms. The molecule has 1 amide bonds. The van der Waals surface area contributed by atoms with E-state index in [1.165, 1.54) is 18.3 Å². The highest BCUT2D eigenvalue weighted by molar-refractivity contribution is 7.17. The Morgan fingerprint density at radius 3 is 2.69 bits per heavy atom. The number of ether oxygens (including phenoxy) is 1. The number of carbonyl (C=O) groups is 3. The fourth-order valence-electron chi connectivity index (χ4n) is 3.80. The van der Waals surface area contributed by atoms with Crippen LogP contribution in [-0.4, -0.2) is 28.8 Å². The van der Waals surface area contributed by atoms with Gasteiger partial charge in [0.15, 0.2) is 6.61 Å². The van der Waals surface area contributed by atoms with Crippen LogP contribution in [0, 0.1) is 13.8 Å². The van der Waals surface area contributed by atoms with Crippen LogP contribution in [0.1, 0.15) is 62.3 Å². The molecule has 2 aromatic rings. The fourth-order valence-corrected chi connectivity index (χ4v) is 5.13. The minimum Gasteiger partial charge on any atom is -0.454 e. The van der Waals surface area contributed by atoms with Crippen LogP contribution >= 0.6 is 11.3 Å². The molecule has 29 heavy (non-hydrogen) atoms. The van der Waals surface area contributed by atoms with Gasteiger partial charge in [-0.15, -0.1) is 17.9 Å². The van der Waals surface area contributed by atoms with Crippen molar-refractivity contribution in [2.24, 2.45) is 0 Å². The van der Waals surface area contributed by atoms with E-state index >= 15 is 0 Å². The van der Waals surface area contributed by atoms with Gasteiger partial charge in [0.05, 0.1) is 5.56 Å². The fraction of sp³-hybridized carbons (Fsp3) is 0.409.